The van der Waals surface area contributed by atoms with Crippen LogP contribution in [-0.2, 0) is 9.59 Å². The normalized spacial score (nSPS) is 19.5. The Hall–Kier alpha value is -2.04. The molecule has 1 atom stereocenters. The number of hydrogen-bond donors (Lipinski definition) is 1. The van der Waals surface area contributed by atoms with E-state index < -0.39 is 11.9 Å². The van der Waals surface area contributed by atoms with Crippen molar-refractivity contribution in [3.05, 3.63) is 24.3 Å². The number of anilines is 1. The van der Waals surface area contributed by atoms with Gasteiger partial charge in [-0.25, -0.2) is 0 Å². The van der Waals surface area contributed by atoms with Gasteiger partial charge in [-0.2, -0.15) is 0 Å². The Labute approximate surface area is 98.6 Å². The smallest absolute Gasteiger partial charge is 0.308 e. The second kappa shape index (κ2) is 4.45. The highest BCUT2D eigenvalue weighted by Gasteiger charge is 2.36. The fraction of sp³-hybridized carbons (Fsp3) is 0.333. The molecular weight excluding hydrogens is 222 g/mol. The largest absolute Gasteiger partial charge is 0.495 e. The average Bonchev–Trinajstić information content (AvgIpc) is 2.71. The van der Waals surface area contributed by atoms with E-state index in [0.717, 1.165) is 0 Å². The van der Waals surface area contributed by atoms with Crippen LogP contribution in [0.5, 0.6) is 5.75 Å². The summed E-state index contributed by atoms with van der Waals surface area (Å²) >= 11 is 0. The van der Waals surface area contributed by atoms with E-state index in [-0.39, 0.29) is 18.9 Å². The summed E-state index contributed by atoms with van der Waals surface area (Å²) in [6.45, 7) is 0.203. The van der Waals surface area contributed by atoms with Crippen molar-refractivity contribution in [2.75, 3.05) is 18.6 Å². The molecular formula is C12H13NO4. The lowest BCUT2D eigenvalue weighted by Crippen LogP contribution is -2.26. The molecule has 1 heterocycles. The number of carbonyl (C=O) groups is 2. The highest BCUT2D eigenvalue weighted by atomic mass is 16.5. The summed E-state index contributed by atoms with van der Waals surface area (Å²) in [7, 11) is 1.52. The molecule has 0 saturated carbocycles. The number of amides is 1. The van der Waals surface area contributed by atoms with Gasteiger partial charge in [0.05, 0.1) is 18.7 Å². The van der Waals surface area contributed by atoms with Crippen molar-refractivity contribution in [1.82, 2.24) is 0 Å². The number of nitrogens with zero attached hydrogens (tertiary/aromatic N) is 1. The third-order valence-electron chi connectivity index (χ3n) is 2.85. The maximum atomic E-state index is 11.8. The van der Waals surface area contributed by atoms with Crippen LogP contribution in [0, 0.1) is 5.92 Å². The SMILES string of the molecule is COc1ccccc1N1CC(C(=O)O)CC1=O. The lowest BCUT2D eigenvalue weighted by Gasteiger charge is -2.18. The van der Waals surface area contributed by atoms with E-state index >= 15 is 0 Å². The van der Waals surface area contributed by atoms with E-state index in [2.05, 4.69) is 0 Å². The first-order chi connectivity index (χ1) is 8.13. The summed E-state index contributed by atoms with van der Waals surface area (Å²) in [6.07, 6.45) is 0.0490. The van der Waals surface area contributed by atoms with Crippen molar-refractivity contribution < 1.29 is 19.4 Å². The molecule has 1 aromatic rings. The van der Waals surface area contributed by atoms with Crippen molar-refractivity contribution in [2.45, 2.75) is 6.42 Å². The number of ether oxygens (including phenoxy) is 1. The first kappa shape index (κ1) is 11.4. The monoisotopic (exact) mass is 235 g/mol. The molecule has 2 rings (SSSR count). The van der Waals surface area contributed by atoms with Gasteiger partial charge in [0, 0.05) is 13.0 Å². The lowest BCUT2D eigenvalue weighted by atomic mass is 10.1. The highest BCUT2D eigenvalue weighted by molar-refractivity contribution is 6.00. The Morgan fingerprint density at radius 3 is 2.76 bits per heavy atom. The number of carbonyl (C=O) groups excluding carboxylic acids is 1. The minimum Gasteiger partial charge on any atom is -0.495 e. The Balaban J connectivity index is 2.29. The van der Waals surface area contributed by atoms with Crippen LogP contribution in [0.3, 0.4) is 0 Å². The molecule has 1 N–H and O–H groups in total. The molecule has 0 spiro atoms. The van der Waals surface area contributed by atoms with E-state index in [1.807, 2.05) is 0 Å². The molecule has 0 radical (unpaired) electrons. The van der Waals surface area contributed by atoms with Crippen molar-refractivity contribution in [2.24, 2.45) is 5.92 Å². The fourth-order valence-corrected chi connectivity index (χ4v) is 1.96. The average molecular weight is 235 g/mol. The maximum Gasteiger partial charge on any atom is 0.308 e. The first-order valence-corrected chi connectivity index (χ1v) is 5.29. The maximum absolute atomic E-state index is 11.8. The van der Waals surface area contributed by atoms with E-state index in [4.69, 9.17) is 9.84 Å². The van der Waals surface area contributed by atoms with Crippen molar-refractivity contribution in [3.8, 4) is 5.75 Å². The summed E-state index contributed by atoms with van der Waals surface area (Å²) in [5.41, 5.74) is 0.628. The van der Waals surface area contributed by atoms with Gasteiger partial charge in [0.15, 0.2) is 0 Å². The van der Waals surface area contributed by atoms with Crippen molar-refractivity contribution >= 4 is 17.6 Å². The van der Waals surface area contributed by atoms with Gasteiger partial charge in [-0.3, -0.25) is 9.59 Å². The minimum absolute atomic E-state index is 0.0490. The number of carboxylic acid groups (broad SMARTS) is 1. The summed E-state index contributed by atoms with van der Waals surface area (Å²) < 4.78 is 5.16. The van der Waals surface area contributed by atoms with Crippen LogP contribution in [0.2, 0.25) is 0 Å². The molecule has 0 aliphatic carbocycles. The lowest BCUT2D eigenvalue weighted by molar-refractivity contribution is -0.141. The number of carboxylic acids is 1. The van der Waals surface area contributed by atoms with Gasteiger partial charge in [0.2, 0.25) is 5.91 Å². The third kappa shape index (κ3) is 2.08. The molecule has 0 bridgehead atoms. The Morgan fingerprint density at radius 1 is 1.47 bits per heavy atom. The molecule has 1 aliphatic heterocycles. The van der Waals surface area contributed by atoms with Crippen LogP contribution in [0.4, 0.5) is 5.69 Å². The first-order valence-electron chi connectivity index (χ1n) is 5.29. The van der Waals surface area contributed by atoms with E-state index in [9.17, 15) is 9.59 Å². The van der Waals surface area contributed by atoms with Crippen LogP contribution in [0.15, 0.2) is 24.3 Å². The summed E-state index contributed by atoms with van der Waals surface area (Å²) in [4.78, 5) is 24.1. The van der Waals surface area contributed by atoms with E-state index in [1.165, 1.54) is 12.0 Å². The summed E-state index contributed by atoms with van der Waals surface area (Å²) in [6, 6.07) is 7.09. The molecule has 5 nitrogen and oxygen atoms in total. The van der Waals surface area contributed by atoms with E-state index in [1.54, 1.807) is 24.3 Å². The molecule has 5 heteroatoms. The molecule has 1 fully saturated rings. The second-order valence-corrected chi connectivity index (χ2v) is 3.92. The Kier molecular flexibility index (Phi) is 2.99. The van der Waals surface area contributed by atoms with Gasteiger partial charge >= 0.3 is 5.97 Å². The third-order valence-corrected chi connectivity index (χ3v) is 2.85. The second-order valence-electron chi connectivity index (χ2n) is 3.92. The zero-order chi connectivity index (χ0) is 12.4. The number of rotatable bonds is 3. The zero-order valence-corrected chi connectivity index (χ0v) is 9.42. The molecule has 90 valence electrons. The number of benzene rings is 1. The van der Waals surface area contributed by atoms with Gasteiger partial charge in [-0.15, -0.1) is 0 Å². The topological polar surface area (TPSA) is 66.8 Å². The molecule has 1 amide bonds. The Bertz CT molecular complexity index is 458. The summed E-state index contributed by atoms with van der Waals surface area (Å²) in [5, 5.41) is 8.91. The molecule has 1 saturated heterocycles. The van der Waals surface area contributed by atoms with E-state index in [0.29, 0.717) is 11.4 Å². The molecule has 1 unspecified atom stereocenters. The van der Waals surface area contributed by atoms with Gasteiger partial charge in [-0.1, -0.05) is 12.1 Å². The predicted octanol–water partition coefficient (Wildman–Crippen LogP) is 1.13. The van der Waals surface area contributed by atoms with Gasteiger partial charge < -0.3 is 14.7 Å². The van der Waals surface area contributed by atoms with Crippen LogP contribution in [0.25, 0.3) is 0 Å². The summed E-state index contributed by atoms with van der Waals surface area (Å²) in [5.74, 6) is -1.17. The number of methoxy groups -OCH3 is 1. The quantitative estimate of drug-likeness (QED) is 0.852. The minimum atomic E-state index is -0.934. The van der Waals surface area contributed by atoms with Crippen LogP contribution >= 0.6 is 0 Å². The van der Waals surface area contributed by atoms with Gasteiger partial charge in [-0.05, 0) is 12.1 Å². The van der Waals surface area contributed by atoms with Gasteiger partial charge in [0.1, 0.15) is 5.75 Å². The Morgan fingerprint density at radius 2 is 2.18 bits per heavy atom. The fourth-order valence-electron chi connectivity index (χ4n) is 1.96. The van der Waals surface area contributed by atoms with Crippen LogP contribution in [0.1, 0.15) is 6.42 Å². The standard InChI is InChI=1S/C12H13NO4/c1-17-10-5-3-2-4-9(10)13-7-8(12(15)16)6-11(13)14/h2-5,8H,6-7H2,1H3,(H,15,16). The number of hydrogen-bond acceptors (Lipinski definition) is 3. The molecule has 17 heavy (non-hydrogen) atoms. The molecule has 0 aromatic heterocycles. The van der Waals surface area contributed by atoms with Crippen LogP contribution in [-0.4, -0.2) is 30.6 Å². The number of aliphatic carboxylic acids is 1. The molecule has 1 aliphatic rings. The van der Waals surface area contributed by atoms with Crippen molar-refractivity contribution in [1.29, 1.82) is 0 Å². The van der Waals surface area contributed by atoms with Crippen LogP contribution < -0.4 is 9.64 Å². The predicted molar refractivity (Wildman–Crippen MR) is 61.1 cm³/mol. The molecule has 1 aromatic carbocycles. The highest BCUT2D eigenvalue weighted by Crippen LogP contribution is 2.32. The van der Waals surface area contributed by atoms with Crippen molar-refractivity contribution in [3.63, 3.8) is 0 Å². The zero-order valence-electron chi connectivity index (χ0n) is 9.42. The number of para-hydroxylation sites is 2. The van der Waals surface area contributed by atoms with Gasteiger partial charge in [0.25, 0.3) is 0 Å².